The zero-order valence-electron chi connectivity index (χ0n) is 15.2. The summed E-state index contributed by atoms with van der Waals surface area (Å²) in [6.07, 6.45) is -5.57. The van der Waals surface area contributed by atoms with Gasteiger partial charge in [-0.15, -0.1) is 0 Å². The van der Waals surface area contributed by atoms with Gasteiger partial charge >= 0.3 is 0 Å². The lowest BCUT2D eigenvalue weighted by atomic mass is 10.1. The number of aromatic amines is 1. The largest absolute Gasteiger partial charge is 0.756 e. The number of nitrogen functional groups attached to an aromatic ring is 1. The molecule has 3 unspecified atom stereocenters. The molecule has 0 spiro atoms. The molecule has 22 heteroatoms. The monoisotopic (exact) mass is 521 g/mol. The second-order valence-electron chi connectivity index (χ2n) is 6.14. The molecule has 2 aromatic heterocycles. The van der Waals surface area contributed by atoms with E-state index < -0.39 is 60.2 Å². The van der Waals surface area contributed by atoms with Crippen molar-refractivity contribution in [1.29, 1.82) is 0 Å². The maximum Gasteiger partial charge on any atom is 0.280 e. The summed E-state index contributed by atoms with van der Waals surface area (Å²) in [5, 5.41) is 20.3. The Morgan fingerprint density at radius 3 is 2.47 bits per heavy atom. The Bertz CT molecular complexity index is 1210. The molecule has 1 aliphatic heterocycles. The van der Waals surface area contributed by atoms with E-state index in [1.807, 2.05) is 0 Å². The summed E-state index contributed by atoms with van der Waals surface area (Å²) in [4.78, 5) is 63.2. The molecule has 1 saturated heterocycles. The van der Waals surface area contributed by atoms with Crippen LogP contribution in [0.25, 0.3) is 11.2 Å². The normalized spacial score (nSPS) is 29.4. The van der Waals surface area contributed by atoms with Crippen LogP contribution in [0.2, 0.25) is 0 Å². The van der Waals surface area contributed by atoms with Crippen LogP contribution in [0.1, 0.15) is 6.23 Å². The first-order valence-electron chi connectivity index (χ1n) is 8.05. The van der Waals surface area contributed by atoms with Crippen LogP contribution in [-0.4, -0.2) is 59.5 Å². The van der Waals surface area contributed by atoms with Crippen LogP contribution in [0.5, 0.6) is 0 Å². The molecular formula is C10H13N5O14P3-3. The molecule has 0 aromatic carbocycles. The minimum Gasteiger partial charge on any atom is -0.756 e. The number of nitrogens with one attached hydrogen (secondary N) is 1. The SMILES string of the molecule is Nc1nc2c(ncn2[C@@H]2O[C@H](COP(=O)([O-])OP(=O)([O-])O[32P](=O)([O-])O)[C@@H](O)[C@H]2O)c(=O)[nH]1. The molecule has 1 fully saturated rings. The standard InChI is InChI=1S/C10H16N5O14P3/c11-10-13-7-4(8(18)14-10)12-2-15(7)9-6(17)5(16)3(27-9)1-26-31(22,23)29-32(24,25)28-30(19,20)21/h2-3,5-6,9,16-17H,1H2,(H,22,23)(H,24,25)(H2,19,20,21)(H3,11,13,14,18)/p-3/t3-,5-,6-,9-/m1/s1/i30+1. The number of aliphatic hydroxyl groups is 2. The first-order valence-corrected chi connectivity index (χ1v) is 12.5. The Kier molecular flexibility index (Phi) is 6.78. The van der Waals surface area contributed by atoms with Crippen molar-refractivity contribution in [2.45, 2.75) is 24.5 Å². The summed E-state index contributed by atoms with van der Waals surface area (Å²) < 4.78 is 50.3. The third-order valence-corrected chi connectivity index (χ3v) is 7.55. The molecule has 1 aliphatic rings. The molecule has 0 radical (unpaired) electrons. The summed E-state index contributed by atoms with van der Waals surface area (Å²) in [6.45, 7) is -1.12. The summed E-state index contributed by atoms with van der Waals surface area (Å²) >= 11 is 0. The van der Waals surface area contributed by atoms with E-state index >= 15 is 0 Å². The number of hydrogen-bond acceptors (Lipinski definition) is 16. The average molecular weight is 521 g/mol. The molecule has 19 nitrogen and oxygen atoms in total. The zero-order valence-corrected chi connectivity index (χ0v) is 17.9. The van der Waals surface area contributed by atoms with Crippen molar-refractivity contribution < 1.29 is 61.4 Å². The first kappa shape index (κ1) is 25.1. The number of aromatic nitrogens is 4. The number of phosphoric ester groups is 1. The summed E-state index contributed by atoms with van der Waals surface area (Å²) in [6, 6.07) is 0. The first-order chi connectivity index (χ1) is 14.6. The minimum atomic E-state index is -6.11. The third kappa shape index (κ3) is 5.67. The quantitative estimate of drug-likeness (QED) is 0.205. The summed E-state index contributed by atoms with van der Waals surface area (Å²) in [7, 11) is -17.8. The van der Waals surface area contributed by atoms with Crippen molar-refractivity contribution >= 4 is 40.6 Å². The molecule has 0 saturated carbocycles. The lowest BCUT2D eigenvalue weighted by Crippen LogP contribution is -2.34. The highest BCUT2D eigenvalue weighted by atomic mass is 32.2. The number of nitrogens with zero attached hydrogens (tertiary/aromatic N) is 3. The molecule has 3 rings (SSSR count). The van der Waals surface area contributed by atoms with E-state index in [0.717, 1.165) is 10.9 Å². The van der Waals surface area contributed by atoms with Gasteiger partial charge in [-0.1, -0.05) is 0 Å². The molecule has 32 heavy (non-hydrogen) atoms. The topological polar surface area (TPSA) is 308 Å². The Labute approximate surface area is 175 Å². The molecule has 0 aliphatic carbocycles. The van der Waals surface area contributed by atoms with Gasteiger partial charge in [-0.25, -0.2) is 13.6 Å². The Morgan fingerprint density at radius 1 is 1.19 bits per heavy atom. The van der Waals surface area contributed by atoms with Crippen LogP contribution in [0.15, 0.2) is 11.1 Å². The van der Waals surface area contributed by atoms with Crippen LogP contribution >= 0.6 is 23.5 Å². The van der Waals surface area contributed by atoms with E-state index in [4.69, 9.17) is 15.4 Å². The number of nitrogens with two attached hydrogens (primary N) is 1. The second kappa shape index (κ2) is 8.66. The Morgan fingerprint density at radius 2 is 1.84 bits per heavy atom. The van der Waals surface area contributed by atoms with Gasteiger partial charge in [0.1, 0.15) is 18.3 Å². The third-order valence-electron chi connectivity index (χ3n) is 3.86. The highest BCUT2D eigenvalue weighted by Gasteiger charge is 2.45. The number of hydrogen-bond donors (Lipinski definition) is 5. The minimum absolute atomic E-state index is 0.141. The number of anilines is 1. The maximum absolute atomic E-state index is 11.8. The number of imidazole rings is 1. The van der Waals surface area contributed by atoms with Crippen molar-refractivity contribution in [3.8, 4) is 0 Å². The molecule has 3 heterocycles. The summed E-state index contributed by atoms with van der Waals surface area (Å²) in [5.41, 5.74) is 4.41. The van der Waals surface area contributed by atoms with E-state index in [2.05, 4.69) is 28.1 Å². The lowest BCUT2D eigenvalue weighted by molar-refractivity contribution is -0.250. The molecule has 0 amide bonds. The van der Waals surface area contributed by atoms with E-state index in [9.17, 15) is 43.4 Å². The molecular weight excluding hydrogens is 508 g/mol. The van der Waals surface area contributed by atoms with Crippen molar-refractivity contribution in [1.82, 2.24) is 19.5 Å². The number of phosphoric acid groups is 3. The number of ether oxygens (including phenoxy) is 1. The molecule has 7 atom stereocenters. The van der Waals surface area contributed by atoms with Crippen molar-refractivity contribution in [2.75, 3.05) is 12.3 Å². The smallest absolute Gasteiger partial charge is 0.280 e. The van der Waals surface area contributed by atoms with Crippen LogP contribution in [-0.2, 0) is 31.6 Å². The molecule has 6 N–H and O–H groups in total. The number of fused-ring (bicyclic) bond motifs is 1. The van der Waals surface area contributed by atoms with Crippen LogP contribution in [0, 0.1) is 0 Å². The van der Waals surface area contributed by atoms with Gasteiger partial charge in [0.15, 0.2) is 17.4 Å². The van der Waals surface area contributed by atoms with Crippen LogP contribution < -0.4 is 26.0 Å². The van der Waals surface area contributed by atoms with E-state index in [1.165, 1.54) is 0 Å². The summed E-state index contributed by atoms with van der Waals surface area (Å²) in [5.74, 6) is -0.295. The van der Waals surface area contributed by atoms with Gasteiger partial charge in [0, 0.05) is 0 Å². The fourth-order valence-electron chi connectivity index (χ4n) is 2.68. The van der Waals surface area contributed by atoms with E-state index in [-0.39, 0.29) is 17.1 Å². The molecule has 0 bridgehead atoms. The number of H-pyrrole nitrogens is 1. The number of rotatable bonds is 8. The van der Waals surface area contributed by atoms with Crippen LogP contribution in [0.3, 0.4) is 0 Å². The maximum atomic E-state index is 11.8. The number of aliphatic hydroxyl groups excluding tert-OH is 2. The van der Waals surface area contributed by atoms with Gasteiger partial charge in [0.05, 0.1) is 12.9 Å². The predicted molar refractivity (Wildman–Crippen MR) is 91.6 cm³/mol. The fourth-order valence-corrected chi connectivity index (χ4v) is 5.57. The average Bonchev–Trinajstić information content (AvgIpc) is 3.12. The van der Waals surface area contributed by atoms with Gasteiger partial charge in [0.25, 0.3) is 29.0 Å². The van der Waals surface area contributed by atoms with E-state index in [0.29, 0.717) is 0 Å². The van der Waals surface area contributed by atoms with Crippen molar-refractivity contribution in [3.63, 3.8) is 0 Å². The van der Waals surface area contributed by atoms with Gasteiger partial charge in [-0.3, -0.25) is 28.0 Å². The lowest BCUT2D eigenvalue weighted by Gasteiger charge is -2.33. The Hall–Kier alpha value is -1.56. The fraction of sp³-hybridized carbons (Fsp3) is 0.500. The highest BCUT2D eigenvalue weighted by molar-refractivity contribution is 7.65. The predicted octanol–water partition coefficient (Wildman–Crippen LogP) is -4.23. The van der Waals surface area contributed by atoms with Crippen molar-refractivity contribution in [2.24, 2.45) is 0 Å². The van der Waals surface area contributed by atoms with Crippen LogP contribution in [0.4, 0.5) is 5.95 Å². The molecule has 2 aromatic rings. The van der Waals surface area contributed by atoms with Gasteiger partial charge < -0.3 is 44.8 Å². The van der Waals surface area contributed by atoms with Gasteiger partial charge in [-0.2, -0.15) is 4.98 Å². The van der Waals surface area contributed by atoms with Crippen molar-refractivity contribution in [3.05, 3.63) is 16.7 Å². The molecule has 180 valence electrons. The highest BCUT2D eigenvalue weighted by Crippen LogP contribution is 2.61. The zero-order chi connectivity index (χ0) is 24.1. The van der Waals surface area contributed by atoms with Gasteiger partial charge in [-0.05, 0) is 0 Å². The van der Waals surface area contributed by atoms with E-state index in [1.54, 1.807) is 0 Å². The van der Waals surface area contributed by atoms with Gasteiger partial charge in [0.2, 0.25) is 5.95 Å². The Balaban J connectivity index is 1.72. The second-order valence-corrected chi connectivity index (χ2v) is 10.4.